The van der Waals surface area contributed by atoms with E-state index in [2.05, 4.69) is 20.3 Å². The van der Waals surface area contributed by atoms with Crippen molar-refractivity contribution in [2.45, 2.75) is 6.92 Å². The van der Waals surface area contributed by atoms with Gasteiger partial charge in [0.15, 0.2) is 0 Å². The van der Waals surface area contributed by atoms with Crippen LogP contribution >= 0.6 is 0 Å². The normalized spacial score (nSPS) is 10.8. The van der Waals surface area contributed by atoms with Gasteiger partial charge in [0, 0.05) is 43.5 Å². The molecule has 25 heavy (non-hydrogen) atoms. The SMILES string of the molecule is CCN(C)C(=O)c1ccc(-c2cc(NCCO)nc3[nH]ccc23)nc1. The minimum Gasteiger partial charge on any atom is -0.395 e. The highest BCUT2D eigenvalue weighted by atomic mass is 16.3. The van der Waals surface area contributed by atoms with Gasteiger partial charge in [-0.25, -0.2) is 4.98 Å². The first-order valence-corrected chi connectivity index (χ1v) is 8.18. The van der Waals surface area contributed by atoms with Crippen molar-refractivity contribution in [3.63, 3.8) is 0 Å². The van der Waals surface area contributed by atoms with Crippen LogP contribution in [0.5, 0.6) is 0 Å². The predicted molar refractivity (Wildman–Crippen MR) is 97.5 cm³/mol. The molecule has 0 fully saturated rings. The Kier molecular flexibility index (Phi) is 4.95. The van der Waals surface area contributed by atoms with E-state index in [1.54, 1.807) is 24.2 Å². The highest BCUT2D eigenvalue weighted by Crippen LogP contribution is 2.28. The van der Waals surface area contributed by atoms with E-state index in [0.29, 0.717) is 24.5 Å². The first-order valence-electron chi connectivity index (χ1n) is 8.18. The van der Waals surface area contributed by atoms with Crippen LogP contribution in [0.15, 0.2) is 36.7 Å². The number of aromatic nitrogens is 3. The number of aliphatic hydroxyl groups excluding tert-OH is 1. The monoisotopic (exact) mass is 339 g/mol. The van der Waals surface area contributed by atoms with Crippen LogP contribution in [-0.4, -0.2) is 57.6 Å². The van der Waals surface area contributed by atoms with Gasteiger partial charge in [0.05, 0.1) is 17.9 Å². The van der Waals surface area contributed by atoms with E-state index < -0.39 is 0 Å². The van der Waals surface area contributed by atoms with Crippen LogP contribution in [0.3, 0.4) is 0 Å². The number of carbonyl (C=O) groups excluding carboxylic acids is 1. The summed E-state index contributed by atoms with van der Waals surface area (Å²) in [7, 11) is 1.77. The fourth-order valence-electron chi connectivity index (χ4n) is 2.57. The number of nitrogens with zero attached hydrogens (tertiary/aromatic N) is 3. The lowest BCUT2D eigenvalue weighted by atomic mass is 10.1. The Morgan fingerprint density at radius 3 is 2.88 bits per heavy atom. The van der Waals surface area contributed by atoms with Crippen LogP contribution in [0, 0.1) is 0 Å². The van der Waals surface area contributed by atoms with Crippen LogP contribution in [-0.2, 0) is 0 Å². The van der Waals surface area contributed by atoms with Gasteiger partial charge in [-0.05, 0) is 31.2 Å². The largest absolute Gasteiger partial charge is 0.395 e. The van der Waals surface area contributed by atoms with Crippen molar-refractivity contribution in [3.05, 3.63) is 42.2 Å². The van der Waals surface area contributed by atoms with Gasteiger partial charge >= 0.3 is 0 Å². The van der Waals surface area contributed by atoms with E-state index in [9.17, 15) is 4.79 Å². The maximum absolute atomic E-state index is 12.2. The van der Waals surface area contributed by atoms with Gasteiger partial charge in [-0.3, -0.25) is 9.78 Å². The zero-order valence-electron chi connectivity index (χ0n) is 14.3. The van der Waals surface area contributed by atoms with Gasteiger partial charge in [-0.1, -0.05) is 0 Å². The van der Waals surface area contributed by atoms with Crippen LogP contribution in [0.4, 0.5) is 5.82 Å². The fraction of sp³-hybridized carbons (Fsp3) is 0.278. The third kappa shape index (κ3) is 3.46. The lowest BCUT2D eigenvalue weighted by Gasteiger charge is -2.14. The standard InChI is InChI=1S/C18H21N5O2/c1-3-23(2)18(25)12-4-5-15(21-11-12)14-10-16(19-8-9-24)22-17-13(14)6-7-20-17/h4-7,10-11,24H,3,8-9H2,1-2H3,(H2,19,20,22). The van der Waals surface area contributed by atoms with Crippen molar-refractivity contribution in [3.8, 4) is 11.3 Å². The molecule has 0 radical (unpaired) electrons. The van der Waals surface area contributed by atoms with Gasteiger partial charge < -0.3 is 20.3 Å². The maximum Gasteiger partial charge on any atom is 0.255 e. The van der Waals surface area contributed by atoms with Crippen LogP contribution in [0.25, 0.3) is 22.3 Å². The van der Waals surface area contributed by atoms with Crippen molar-refractivity contribution in [2.75, 3.05) is 32.1 Å². The van der Waals surface area contributed by atoms with Gasteiger partial charge in [0.1, 0.15) is 11.5 Å². The Labute approximate surface area is 145 Å². The molecule has 3 aromatic rings. The number of pyridine rings is 2. The van der Waals surface area contributed by atoms with E-state index in [1.165, 1.54) is 0 Å². The van der Waals surface area contributed by atoms with Crippen molar-refractivity contribution >= 4 is 22.8 Å². The first kappa shape index (κ1) is 16.9. The Bertz CT molecular complexity index is 873. The van der Waals surface area contributed by atoms with Crippen molar-refractivity contribution < 1.29 is 9.90 Å². The molecule has 7 heteroatoms. The summed E-state index contributed by atoms with van der Waals surface area (Å²) in [5.41, 5.74) is 2.97. The molecular weight excluding hydrogens is 318 g/mol. The van der Waals surface area contributed by atoms with E-state index in [4.69, 9.17) is 5.11 Å². The molecule has 0 spiro atoms. The summed E-state index contributed by atoms with van der Waals surface area (Å²) in [5.74, 6) is 0.611. The molecule has 130 valence electrons. The number of hydrogen-bond acceptors (Lipinski definition) is 5. The molecule has 0 aliphatic carbocycles. The molecule has 3 N–H and O–H groups in total. The average Bonchev–Trinajstić information content (AvgIpc) is 3.13. The number of nitrogens with one attached hydrogen (secondary N) is 2. The number of hydrogen-bond donors (Lipinski definition) is 3. The molecule has 3 aromatic heterocycles. The molecule has 0 atom stereocenters. The minimum atomic E-state index is -0.0478. The summed E-state index contributed by atoms with van der Waals surface area (Å²) in [4.78, 5) is 25.9. The molecule has 7 nitrogen and oxygen atoms in total. The molecule has 0 aromatic carbocycles. The topological polar surface area (TPSA) is 94.1 Å². The molecule has 3 rings (SSSR count). The van der Waals surface area contributed by atoms with Crippen molar-refractivity contribution in [2.24, 2.45) is 0 Å². The molecule has 0 bridgehead atoms. The van der Waals surface area contributed by atoms with Gasteiger partial charge in [0.2, 0.25) is 0 Å². The lowest BCUT2D eigenvalue weighted by Crippen LogP contribution is -2.26. The number of carbonyl (C=O) groups is 1. The summed E-state index contributed by atoms with van der Waals surface area (Å²) >= 11 is 0. The number of anilines is 1. The molecule has 0 saturated heterocycles. The Balaban J connectivity index is 1.98. The number of aromatic amines is 1. The van der Waals surface area contributed by atoms with Gasteiger partial charge in [-0.2, -0.15) is 0 Å². The second-order valence-corrected chi connectivity index (χ2v) is 5.70. The summed E-state index contributed by atoms with van der Waals surface area (Å²) in [6.07, 6.45) is 3.43. The third-order valence-corrected chi connectivity index (χ3v) is 4.05. The minimum absolute atomic E-state index is 0.0276. The molecule has 0 saturated carbocycles. The Morgan fingerprint density at radius 1 is 1.36 bits per heavy atom. The molecule has 3 heterocycles. The van der Waals surface area contributed by atoms with Gasteiger partial charge in [0.25, 0.3) is 5.91 Å². The van der Waals surface area contributed by atoms with Crippen LogP contribution < -0.4 is 5.32 Å². The first-order chi connectivity index (χ1) is 12.1. The predicted octanol–water partition coefficient (Wildman–Crippen LogP) is 2.12. The van der Waals surface area contributed by atoms with E-state index in [1.807, 2.05) is 31.3 Å². The van der Waals surface area contributed by atoms with Crippen molar-refractivity contribution in [1.82, 2.24) is 19.9 Å². The molecule has 0 aliphatic rings. The Hall–Kier alpha value is -2.93. The molecular formula is C18H21N5O2. The summed E-state index contributed by atoms with van der Waals surface area (Å²) in [6, 6.07) is 7.47. The second-order valence-electron chi connectivity index (χ2n) is 5.70. The number of aliphatic hydroxyl groups is 1. The van der Waals surface area contributed by atoms with Crippen LogP contribution in [0.1, 0.15) is 17.3 Å². The second kappa shape index (κ2) is 7.31. The number of rotatable bonds is 6. The maximum atomic E-state index is 12.2. The highest BCUT2D eigenvalue weighted by molar-refractivity contribution is 5.96. The Morgan fingerprint density at radius 2 is 2.20 bits per heavy atom. The van der Waals surface area contributed by atoms with E-state index in [0.717, 1.165) is 22.3 Å². The lowest BCUT2D eigenvalue weighted by molar-refractivity contribution is 0.0802. The third-order valence-electron chi connectivity index (χ3n) is 4.05. The molecule has 0 aliphatic heterocycles. The van der Waals surface area contributed by atoms with Crippen molar-refractivity contribution in [1.29, 1.82) is 0 Å². The molecule has 0 unspecified atom stereocenters. The summed E-state index contributed by atoms with van der Waals surface area (Å²) < 4.78 is 0. The fourth-order valence-corrected chi connectivity index (χ4v) is 2.57. The molecule has 1 amide bonds. The number of amides is 1. The summed E-state index contributed by atoms with van der Waals surface area (Å²) in [5, 5.41) is 13.0. The van der Waals surface area contributed by atoms with Gasteiger partial charge in [-0.15, -0.1) is 0 Å². The zero-order valence-corrected chi connectivity index (χ0v) is 14.3. The number of fused-ring (bicyclic) bond motifs is 1. The quantitative estimate of drug-likeness (QED) is 0.639. The summed E-state index contributed by atoms with van der Waals surface area (Å²) in [6.45, 7) is 3.03. The zero-order chi connectivity index (χ0) is 17.8. The van der Waals surface area contributed by atoms with Crippen LogP contribution in [0.2, 0.25) is 0 Å². The van der Waals surface area contributed by atoms with E-state index >= 15 is 0 Å². The smallest absolute Gasteiger partial charge is 0.255 e. The average molecular weight is 339 g/mol. The number of H-pyrrole nitrogens is 1. The van der Waals surface area contributed by atoms with E-state index in [-0.39, 0.29) is 12.5 Å². The highest BCUT2D eigenvalue weighted by Gasteiger charge is 2.13.